The van der Waals surface area contributed by atoms with Crippen LogP contribution in [0.1, 0.15) is 10.4 Å². The third-order valence-electron chi connectivity index (χ3n) is 5.95. The fourth-order valence-corrected chi connectivity index (χ4v) is 4.43. The molecule has 3 aromatic carbocycles. The second-order valence-electron chi connectivity index (χ2n) is 8.01. The first-order chi connectivity index (χ1) is 16.1. The average Bonchev–Trinajstić information content (AvgIpc) is 2.86. The van der Waals surface area contributed by atoms with Crippen LogP contribution in [0, 0.1) is 0 Å². The molecule has 0 unspecified atom stereocenters. The lowest BCUT2D eigenvalue weighted by molar-refractivity contribution is 0.0698. The average molecular weight is 457 g/mol. The van der Waals surface area contributed by atoms with Gasteiger partial charge in [-0.3, -0.25) is 4.98 Å². The standard InChI is InChI=1S/C26H24N4O2S/c31-26(32)20-3-1-2-4-23(20)29-25-21-15-18(7-10-22(21)28-16-24(25)33)17-5-8-19(9-6-17)30-13-11-27-12-14-30/h1-10,15-16,27,33H,11-14H2,(H,28,29)(H,31,32). The third-order valence-corrected chi connectivity index (χ3v) is 6.29. The molecule has 7 heteroatoms. The topological polar surface area (TPSA) is 77.5 Å². The van der Waals surface area contributed by atoms with E-state index in [9.17, 15) is 9.90 Å². The second-order valence-corrected chi connectivity index (χ2v) is 8.49. The van der Waals surface area contributed by atoms with Crippen LogP contribution in [-0.2, 0) is 0 Å². The van der Waals surface area contributed by atoms with Gasteiger partial charge in [0.1, 0.15) is 0 Å². The molecule has 0 spiro atoms. The van der Waals surface area contributed by atoms with Crippen LogP contribution in [0.15, 0.2) is 77.8 Å². The second kappa shape index (κ2) is 9.13. The van der Waals surface area contributed by atoms with Gasteiger partial charge in [0.25, 0.3) is 0 Å². The minimum absolute atomic E-state index is 0.204. The molecule has 166 valence electrons. The van der Waals surface area contributed by atoms with Gasteiger partial charge in [-0.15, -0.1) is 12.6 Å². The summed E-state index contributed by atoms with van der Waals surface area (Å²) in [5.41, 5.74) is 5.66. The highest BCUT2D eigenvalue weighted by atomic mass is 32.1. The number of hydrogen-bond donors (Lipinski definition) is 4. The molecule has 1 saturated heterocycles. The van der Waals surface area contributed by atoms with Gasteiger partial charge in [0.15, 0.2) is 0 Å². The van der Waals surface area contributed by atoms with Gasteiger partial charge < -0.3 is 20.6 Å². The van der Waals surface area contributed by atoms with Gasteiger partial charge in [-0.05, 0) is 47.5 Å². The zero-order chi connectivity index (χ0) is 22.8. The largest absolute Gasteiger partial charge is 0.478 e. The molecule has 0 amide bonds. The monoisotopic (exact) mass is 456 g/mol. The predicted octanol–water partition coefficient (Wildman–Crippen LogP) is 5.04. The van der Waals surface area contributed by atoms with Crippen molar-refractivity contribution in [2.75, 3.05) is 36.4 Å². The Hall–Kier alpha value is -3.55. The van der Waals surface area contributed by atoms with Crippen molar-refractivity contribution in [3.63, 3.8) is 0 Å². The zero-order valence-electron chi connectivity index (χ0n) is 18.0. The summed E-state index contributed by atoms with van der Waals surface area (Å²) in [6, 6.07) is 21.6. The van der Waals surface area contributed by atoms with Crippen LogP contribution in [0.5, 0.6) is 0 Å². The molecule has 0 radical (unpaired) electrons. The molecule has 33 heavy (non-hydrogen) atoms. The van der Waals surface area contributed by atoms with Crippen molar-refractivity contribution in [2.24, 2.45) is 0 Å². The number of carboxylic acids is 1. The van der Waals surface area contributed by atoms with E-state index in [1.807, 2.05) is 12.1 Å². The lowest BCUT2D eigenvalue weighted by atomic mass is 10.0. The number of nitrogens with zero attached hydrogens (tertiary/aromatic N) is 2. The summed E-state index contributed by atoms with van der Waals surface area (Å²) >= 11 is 4.60. The summed E-state index contributed by atoms with van der Waals surface area (Å²) in [6.45, 7) is 4.04. The van der Waals surface area contributed by atoms with Gasteiger partial charge in [-0.2, -0.15) is 0 Å². The van der Waals surface area contributed by atoms with Gasteiger partial charge in [0.05, 0.1) is 22.5 Å². The number of carbonyl (C=O) groups is 1. The number of aromatic carboxylic acids is 1. The highest BCUT2D eigenvalue weighted by Crippen LogP contribution is 2.35. The minimum Gasteiger partial charge on any atom is -0.478 e. The van der Waals surface area contributed by atoms with E-state index < -0.39 is 5.97 Å². The minimum atomic E-state index is -0.984. The summed E-state index contributed by atoms with van der Waals surface area (Å²) in [5, 5.41) is 17.1. The summed E-state index contributed by atoms with van der Waals surface area (Å²) < 4.78 is 0. The maximum atomic E-state index is 11.7. The highest BCUT2D eigenvalue weighted by Gasteiger charge is 2.14. The van der Waals surface area contributed by atoms with Gasteiger partial charge in [-0.25, -0.2) is 4.79 Å². The van der Waals surface area contributed by atoms with Gasteiger partial charge >= 0.3 is 5.97 Å². The van der Waals surface area contributed by atoms with Crippen LogP contribution in [0.4, 0.5) is 17.1 Å². The number of thiol groups is 1. The number of anilines is 3. The van der Waals surface area contributed by atoms with E-state index in [2.05, 4.69) is 69.5 Å². The van der Waals surface area contributed by atoms with E-state index in [4.69, 9.17) is 0 Å². The Morgan fingerprint density at radius 1 is 1.00 bits per heavy atom. The first kappa shape index (κ1) is 21.3. The number of carboxylic acid groups (broad SMARTS) is 1. The molecule has 4 aromatic rings. The van der Waals surface area contributed by atoms with Gasteiger partial charge in [-0.1, -0.05) is 30.3 Å². The van der Waals surface area contributed by atoms with Gasteiger partial charge in [0, 0.05) is 48.3 Å². The van der Waals surface area contributed by atoms with Crippen molar-refractivity contribution in [2.45, 2.75) is 4.90 Å². The summed E-state index contributed by atoms with van der Waals surface area (Å²) in [7, 11) is 0. The lowest BCUT2D eigenvalue weighted by Gasteiger charge is -2.29. The van der Waals surface area contributed by atoms with Crippen molar-refractivity contribution in [1.82, 2.24) is 10.3 Å². The Kier molecular flexibility index (Phi) is 5.90. The van der Waals surface area contributed by atoms with E-state index >= 15 is 0 Å². The quantitative estimate of drug-likeness (QED) is 0.315. The SMILES string of the molecule is O=C(O)c1ccccc1Nc1c(S)cnc2ccc(-c3ccc(N4CCNCC4)cc3)cc12. The number of para-hydroxylation sites is 1. The normalized spacial score (nSPS) is 13.8. The maximum absolute atomic E-state index is 11.7. The zero-order valence-corrected chi connectivity index (χ0v) is 18.8. The fourth-order valence-electron chi connectivity index (χ4n) is 4.19. The Labute approximate surface area is 197 Å². The fraction of sp³-hybridized carbons (Fsp3) is 0.154. The van der Waals surface area contributed by atoms with Crippen molar-refractivity contribution in [1.29, 1.82) is 0 Å². The molecule has 0 bridgehead atoms. The molecule has 0 atom stereocenters. The number of hydrogen-bond acceptors (Lipinski definition) is 6. The molecule has 0 aliphatic carbocycles. The first-order valence-electron chi connectivity index (χ1n) is 10.9. The van der Waals surface area contributed by atoms with Crippen molar-refractivity contribution < 1.29 is 9.90 Å². The number of pyridine rings is 1. The van der Waals surface area contributed by atoms with Crippen LogP contribution in [0.2, 0.25) is 0 Å². The molecule has 3 N–H and O–H groups in total. The number of piperazine rings is 1. The summed E-state index contributed by atoms with van der Waals surface area (Å²) in [6.07, 6.45) is 1.68. The number of rotatable bonds is 5. The molecule has 2 heterocycles. The van der Waals surface area contributed by atoms with Crippen molar-refractivity contribution in [3.8, 4) is 11.1 Å². The predicted molar refractivity (Wildman–Crippen MR) is 136 cm³/mol. The first-order valence-corrected chi connectivity index (χ1v) is 11.3. The Morgan fingerprint density at radius 2 is 1.73 bits per heavy atom. The van der Waals surface area contributed by atoms with Crippen LogP contribution < -0.4 is 15.5 Å². The Morgan fingerprint density at radius 3 is 2.48 bits per heavy atom. The van der Waals surface area contributed by atoms with Crippen LogP contribution in [0.25, 0.3) is 22.0 Å². The number of aromatic nitrogens is 1. The number of benzene rings is 3. The van der Waals surface area contributed by atoms with E-state index in [-0.39, 0.29) is 5.56 Å². The van der Waals surface area contributed by atoms with E-state index in [0.29, 0.717) is 10.6 Å². The Bertz CT molecular complexity index is 1320. The summed E-state index contributed by atoms with van der Waals surface area (Å²) in [5.74, 6) is -0.984. The smallest absolute Gasteiger partial charge is 0.337 e. The van der Waals surface area contributed by atoms with Crippen LogP contribution >= 0.6 is 12.6 Å². The summed E-state index contributed by atoms with van der Waals surface area (Å²) in [4.78, 5) is 19.2. The molecular weight excluding hydrogens is 432 g/mol. The van der Waals surface area contributed by atoms with Crippen molar-refractivity contribution in [3.05, 3.63) is 78.5 Å². The molecule has 5 rings (SSSR count). The van der Waals surface area contributed by atoms with Crippen LogP contribution in [-0.4, -0.2) is 42.2 Å². The molecular formula is C26H24N4O2S. The lowest BCUT2D eigenvalue weighted by Crippen LogP contribution is -2.43. The molecule has 1 aromatic heterocycles. The Balaban J connectivity index is 1.52. The molecule has 1 aliphatic rings. The maximum Gasteiger partial charge on any atom is 0.337 e. The molecule has 1 aliphatic heterocycles. The molecule has 0 saturated carbocycles. The van der Waals surface area contributed by atoms with Crippen LogP contribution in [0.3, 0.4) is 0 Å². The van der Waals surface area contributed by atoms with Crippen molar-refractivity contribution >= 4 is 46.6 Å². The molecule has 1 fully saturated rings. The number of fused-ring (bicyclic) bond motifs is 1. The highest BCUT2D eigenvalue weighted by molar-refractivity contribution is 7.80. The van der Waals surface area contributed by atoms with E-state index in [0.717, 1.165) is 53.9 Å². The van der Waals surface area contributed by atoms with Gasteiger partial charge in [0.2, 0.25) is 0 Å². The molecule has 6 nitrogen and oxygen atoms in total. The number of nitrogens with one attached hydrogen (secondary N) is 2. The van der Waals surface area contributed by atoms with E-state index in [1.54, 1.807) is 24.4 Å². The van der Waals surface area contributed by atoms with E-state index in [1.165, 1.54) is 5.69 Å². The third kappa shape index (κ3) is 4.37.